The third-order valence-electron chi connectivity index (χ3n) is 13.6. The van der Waals surface area contributed by atoms with Crippen molar-refractivity contribution in [3.8, 4) is 0 Å². The summed E-state index contributed by atoms with van der Waals surface area (Å²) in [5, 5.41) is 47.1. The number of carbonyl (C=O) groups excluding carboxylic acids is 2. The van der Waals surface area contributed by atoms with Crippen LogP contribution in [0.4, 0.5) is 4.79 Å². The highest BCUT2D eigenvalue weighted by Gasteiger charge is 2.55. The Balaban J connectivity index is 1.79. The van der Waals surface area contributed by atoms with Crippen LogP contribution in [0.25, 0.3) is 0 Å². The number of ether oxygens (including phenoxy) is 7. The Bertz CT molecular complexity index is 1340. The molecule has 4 fully saturated rings. The van der Waals surface area contributed by atoms with E-state index in [9.17, 15) is 30.0 Å². The number of aliphatic hydroxyl groups is 4. The maximum atomic E-state index is 14.4. The highest BCUT2D eigenvalue weighted by molar-refractivity contribution is 5.73. The lowest BCUT2D eigenvalue weighted by Gasteiger charge is -2.48. The lowest BCUT2D eigenvalue weighted by atomic mass is 9.77. The predicted molar refractivity (Wildman–Crippen MR) is 216 cm³/mol. The maximum absolute atomic E-state index is 14.4. The number of hydrogen-bond donors (Lipinski definition) is 4. The summed E-state index contributed by atoms with van der Waals surface area (Å²) in [5.41, 5.74) is -4.43. The molecule has 4 rings (SSSR count). The van der Waals surface area contributed by atoms with E-state index in [1.165, 1.54) is 14.0 Å². The molecule has 15 nitrogen and oxygen atoms in total. The summed E-state index contributed by atoms with van der Waals surface area (Å²) in [6.07, 6.45) is -4.45. The van der Waals surface area contributed by atoms with Gasteiger partial charge in [0.05, 0.1) is 47.6 Å². The summed E-state index contributed by atoms with van der Waals surface area (Å²) in [7, 11) is 3.36. The van der Waals surface area contributed by atoms with Gasteiger partial charge in [-0.3, -0.25) is 4.79 Å². The average Bonchev–Trinajstić information content (AvgIpc) is 3.47. The van der Waals surface area contributed by atoms with Gasteiger partial charge in [-0.25, -0.2) is 4.79 Å². The van der Waals surface area contributed by atoms with Crippen LogP contribution in [0.5, 0.6) is 0 Å². The van der Waals surface area contributed by atoms with Crippen LogP contribution in [0.2, 0.25) is 0 Å². The second-order valence-electron chi connectivity index (χ2n) is 18.8. The monoisotopic (exact) mass is 831 g/mol. The minimum absolute atomic E-state index is 0.124. The number of hydrogen-bond acceptors (Lipinski definition) is 14. The van der Waals surface area contributed by atoms with E-state index in [1.54, 1.807) is 46.4 Å². The Morgan fingerprint density at radius 2 is 1.55 bits per heavy atom. The van der Waals surface area contributed by atoms with Gasteiger partial charge >= 0.3 is 12.1 Å². The van der Waals surface area contributed by atoms with Gasteiger partial charge in [-0.2, -0.15) is 0 Å². The number of cyclic esters (lactones) is 1. The van der Waals surface area contributed by atoms with Crippen molar-refractivity contribution in [1.29, 1.82) is 0 Å². The van der Waals surface area contributed by atoms with Crippen LogP contribution in [0.1, 0.15) is 128 Å². The van der Waals surface area contributed by atoms with Gasteiger partial charge in [0.1, 0.15) is 23.9 Å². The lowest BCUT2D eigenvalue weighted by Crippen LogP contribution is -2.60. The lowest BCUT2D eigenvalue weighted by molar-refractivity contribution is -0.314. The molecule has 4 aliphatic rings. The minimum Gasteiger partial charge on any atom is -0.459 e. The molecule has 4 N–H and O–H groups in total. The topological polar surface area (TPSA) is 186 Å². The van der Waals surface area contributed by atoms with E-state index in [4.69, 9.17) is 33.2 Å². The first-order valence-corrected chi connectivity index (χ1v) is 21.9. The number of amides is 1. The molecule has 338 valence electrons. The normalized spacial score (nSPS) is 46.5. The van der Waals surface area contributed by atoms with Crippen LogP contribution in [-0.2, 0) is 38.0 Å². The van der Waals surface area contributed by atoms with Crippen LogP contribution >= 0.6 is 0 Å². The van der Waals surface area contributed by atoms with Crippen LogP contribution in [0.15, 0.2) is 0 Å². The fraction of sp³-hybridized carbons (Fsp3) is 0.953. The molecule has 0 aromatic heterocycles. The van der Waals surface area contributed by atoms with E-state index in [1.807, 2.05) is 32.7 Å². The second kappa shape index (κ2) is 20.0. The Labute approximate surface area is 347 Å². The summed E-state index contributed by atoms with van der Waals surface area (Å²) < 4.78 is 44.2. The molecule has 18 atom stereocenters. The molecule has 0 saturated carbocycles. The molecule has 0 spiro atoms. The molecule has 15 heteroatoms. The zero-order valence-electron chi connectivity index (χ0n) is 37.6. The van der Waals surface area contributed by atoms with E-state index < -0.39 is 102 Å². The number of unbranched alkanes of at least 4 members (excludes halogenated alkanes) is 3. The molecule has 58 heavy (non-hydrogen) atoms. The molecule has 0 bridgehead atoms. The van der Waals surface area contributed by atoms with E-state index in [-0.39, 0.29) is 37.3 Å². The van der Waals surface area contributed by atoms with Gasteiger partial charge < -0.3 is 63.4 Å². The standard InChI is InChI=1S/C43H78N2O13/c1-14-16-17-18-19-45-30-20-25(4)53-39(34(30)57-40(45)49)58-37-26(5)33(56-32-22-42(10,52-13)36(47)29(8)54-32)27(6)38(48)55-31(15-2)43(11,51)35(46)28(7)44(12)23-24(3)21-41(37,9)50/h24-37,39,46-47,50-51H,14-23H2,1-13H3/t24-,25-,26+,27-,28-,29+,30+,31-,32+,33+,34-,35-,36+,37-,39+,41-,42-,43-/m1/s1. The van der Waals surface area contributed by atoms with Gasteiger partial charge in [0.2, 0.25) is 0 Å². The third kappa shape index (κ3) is 10.9. The first-order valence-electron chi connectivity index (χ1n) is 21.9. The Morgan fingerprint density at radius 1 is 0.879 bits per heavy atom. The van der Waals surface area contributed by atoms with Crippen molar-refractivity contribution in [1.82, 2.24) is 9.80 Å². The molecule has 1 amide bonds. The van der Waals surface area contributed by atoms with Crippen LogP contribution in [-0.4, -0.2) is 160 Å². The van der Waals surface area contributed by atoms with E-state index >= 15 is 0 Å². The largest absolute Gasteiger partial charge is 0.459 e. The van der Waals surface area contributed by atoms with E-state index in [2.05, 4.69) is 6.92 Å². The van der Waals surface area contributed by atoms with Gasteiger partial charge in [0, 0.05) is 38.6 Å². The SMILES string of the molecule is CCCCCCN1C(=O)O[C@H]2[C@H](O[C@@H]3[C@@H](C)[C@H](O[C@H]4C[C@@](C)(OC)[C@@H](O)[C@H](C)O4)[C@@H](C)C(=O)O[C@H](CC)[C@@](C)(O)[C@H](O)[C@@H](C)N(C)C[C@H](C)C[C@@]3(C)O)O[C@H](C)C[C@@H]21. The molecule has 0 aliphatic carbocycles. The first kappa shape index (κ1) is 49.0. The molecule has 0 aromatic rings. The quantitative estimate of drug-likeness (QED) is 0.170. The Morgan fingerprint density at radius 3 is 2.17 bits per heavy atom. The van der Waals surface area contributed by atoms with Crippen molar-refractivity contribution in [3.05, 3.63) is 0 Å². The van der Waals surface area contributed by atoms with E-state index in [0.717, 1.165) is 25.7 Å². The first-order chi connectivity index (χ1) is 27.0. The number of nitrogens with zero attached hydrogens (tertiary/aromatic N) is 2. The zero-order chi connectivity index (χ0) is 43.5. The zero-order valence-corrected chi connectivity index (χ0v) is 37.6. The van der Waals surface area contributed by atoms with Crippen molar-refractivity contribution >= 4 is 12.1 Å². The number of rotatable bonds is 11. The van der Waals surface area contributed by atoms with Gasteiger partial charge in [-0.15, -0.1) is 0 Å². The van der Waals surface area contributed by atoms with Crippen molar-refractivity contribution in [3.63, 3.8) is 0 Å². The Hall–Kier alpha value is -1.66. The summed E-state index contributed by atoms with van der Waals surface area (Å²) in [6, 6.07) is -0.840. The minimum atomic E-state index is -1.81. The summed E-state index contributed by atoms with van der Waals surface area (Å²) in [5.74, 6) is -2.64. The van der Waals surface area contributed by atoms with Crippen molar-refractivity contribution in [2.45, 2.75) is 218 Å². The summed E-state index contributed by atoms with van der Waals surface area (Å²) >= 11 is 0. The molecule has 4 saturated heterocycles. The highest BCUT2D eigenvalue weighted by atomic mass is 16.7. The molecular formula is C43H78N2O13. The number of aliphatic hydroxyl groups excluding tert-OH is 2. The smallest absolute Gasteiger partial charge is 0.410 e. The summed E-state index contributed by atoms with van der Waals surface area (Å²) in [4.78, 5) is 31.4. The summed E-state index contributed by atoms with van der Waals surface area (Å²) in [6.45, 7) is 20.8. The van der Waals surface area contributed by atoms with Crippen molar-refractivity contribution in [2.24, 2.45) is 17.8 Å². The van der Waals surface area contributed by atoms with Crippen LogP contribution < -0.4 is 0 Å². The predicted octanol–water partition coefficient (Wildman–Crippen LogP) is 4.38. The maximum Gasteiger partial charge on any atom is 0.410 e. The average molecular weight is 831 g/mol. The molecular weight excluding hydrogens is 752 g/mol. The molecule has 4 heterocycles. The fourth-order valence-corrected chi connectivity index (χ4v) is 9.93. The molecule has 4 aliphatic heterocycles. The fourth-order valence-electron chi connectivity index (χ4n) is 9.93. The van der Waals surface area contributed by atoms with Gasteiger partial charge in [0.25, 0.3) is 0 Å². The number of esters is 1. The van der Waals surface area contributed by atoms with Gasteiger partial charge in [-0.1, -0.05) is 47.0 Å². The van der Waals surface area contributed by atoms with Gasteiger partial charge in [-0.05, 0) is 87.1 Å². The van der Waals surface area contributed by atoms with Crippen LogP contribution in [0, 0.1) is 17.8 Å². The van der Waals surface area contributed by atoms with Crippen LogP contribution in [0.3, 0.4) is 0 Å². The molecule has 0 aromatic carbocycles. The van der Waals surface area contributed by atoms with E-state index in [0.29, 0.717) is 19.5 Å². The number of fused-ring (bicyclic) bond motifs is 1. The van der Waals surface area contributed by atoms with Gasteiger partial charge in [0.15, 0.2) is 18.7 Å². The molecule has 0 unspecified atom stereocenters. The second-order valence-corrected chi connectivity index (χ2v) is 18.8. The molecule has 0 radical (unpaired) electrons. The van der Waals surface area contributed by atoms with Crippen molar-refractivity contribution < 1.29 is 63.2 Å². The third-order valence-corrected chi connectivity index (χ3v) is 13.6. The van der Waals surface area contributed by atoms with Crippen molar-refractivity contribution in [2.75, 3.05) is 27.2 Å². The number of carbonyl (C=O) groups is 2. The number of methoxy groups -OCH3 is 1. The Kier molecular flexibility index (Phi) is 16.9. The number of likely N-dealkylation sites (N-methyl/N-ethyl adjacent to an activating group) is 1. The highest BCUT2D eigenvalue weighted by Crippen LogP contribution is 2.41.